The number of hydrogen-bond acceptors (Lipinski definition) is 1. The molecule has 0 amide bonds. The monoisotopic (exact) mass is 234 g/mol. The van der Waals surface area contributed by atoms with Gasteiger partial charge in [-0.1, -0.05) is 18.2 Å². The topological polar surface area (TPSA) is 20.2 Å². The maximum Gasteiger partial charge on any atom is 0.417 e. The van der Waals surface area contributed by atoms with Crippen molar-refractivity contribution in [3.05, 3.63) is 41.2 Å². The van der Waals surface area contributed by atoms with Gasteiger partial charge in [0.1, 0.15) is 5.82 Å². The highest BCUT2D eigenvalue weighted by molar-refractivity contribution is 5.55. The zero-order valence-corrected chi connectivity index (χ0v) is 8.42. The number of aliphatic hydroxyl groups excluding tert-OH is 1. The summed E-state index contributed by atoms with van der Waals surface area (Å²) in [7, 11) is 0. The van der Waals surface area contributed by atoms with Crippen LogP contribution in [0.25, 0.3) is 6.08 Å². The van der Waals surface area contributed by atoms with Gasteiger partial charge in [-0.3, -0.25) is 0 Å². The van der Waals surface area contributed by atoms with E-state index in [0.717, 1.165) is 18.2 Å². The first-order chi connectivity index (χ1) is 7.30. The fourth-order valence-corrected chi connectivity index (χ4v) is 1.16. The zero-order chi connectivity index (χ0) is 12.3. The predicted octanol–water partition coefficient (Wildman–Crippen LogP) is 3.24. The van der Waals surface area contributed by atoms with E-state index in [1.165, 1.54) is 13.0 Å². The van der Waals surface area contributed by atoms with Crippen LogP contribution in [0.2, 0.25) is 0 Å². The molecule has 0 aliphatic heterocycles. The van der Waals surface area contributed by atoms with E-state index in [0.29, 0.717) is 6.07 Å². The second-order valence-corrected chi connectivity index (χ2v) is 3.33. The first-order valence-electron chi connectivity index (χ1n) is 4.53. The van der Waals surface area contributed by atoms with Crippen molar-refractivity contribution >= 4 is 6.08 Å². The Labute approximate surface area is 90.0 Å². The molecule has 1 rings (SSSR count). The minimum atomic E-state index is -4.61. The van der Waals surface area contributed by atoms with E-state index in [2.05, 4.69) is 0 Å². The second kappa shape index (κ2) is 4.65. The SMILES string of the molecule is CC(O)/C=C/c1ccc(F)cc1C(F)(F)F. The van der Waals surface area contributed by atoms with E-state index in [1.807, 2.05) is 0 Å². The molecule has 0 aliphatic carbocycles. The maximum absolute atomic E-state index is 12.7. The largest absolute Gasteiger partial charge is 0.417 e. The summed E-state index contributed by atoms with van der Waals surface area (Å²) in [5.41, 5.74) is -1.22. The molecule has 0 bridgehead atoms. The van der Waals surface area contributed by atoms with Crippen molar-refractivity contribution in [3.8, 4) is 0 Å². The zero-order valence-electron chi connectivity index (χ0n) is 8.42. The number of benzene rings is 1. The van der Waals surface area contributed by atoms with Gasteiger partial charge in [0.25, 0.3) is 0 Å². The Bertz CT molecular complexity index is 393. The van der Waals surface area contributed by atoms with Gasteiger partial charge in [-0.05, 0) is 24.6 Å². The van der Waals surface area contributed by atoms with Gasteiger partial charge in [0.15, 0.2) is 0 Å². The average Bonchev–Trinajstić information content (AvgIpc) is 2.14. The molecule has 0 aliphatic rings. The Kier molecular flexibility index (Phi) is 3.70. The third-order valence-electron chi connectivity index (χ3n) is 1.88. The smallest absolute Gasteiger partial charge is 0.389 e. The third kappa shape index (κ3) is 3.34. The minimum absolute atomic E-state index is 0.171. The molecule has 1 atom stereocenters. The molecule has 88 valence electrons. The lowest BCUT2D eigenvalue weighted by atomic mass is 10.1. The van der Waals surface area contributed by atoms with Crippen molar-refractivity contribution in [2.45, 2.75) is 19.2 Å². The molecule has 0 spiro atoms. The highest BCUT2D eigenvalue weighted by atomic mass is 19.4. The predicted molar refractivity (Wildman–Crippen MR) is 52.1 cm³/mol. The van der Waals surface area contributed by atoms with Crippen LogP contribution in [0.15, 0.2) is 24.3 Å². The van der Waals surface area contributed by atoms with Crippen LogP contribution < -0.4 is 0 Å². The molecule has 1 aromatic rings. The molecule has 0 radical (unpaired) electrons. The summed E-state index contributed by atoms with van der Waals surface area (Å²) in [4.78, 5) is 0. The lowest BCUT2D eigenvalue weighted by Gasteiger charge is -2.10. The number of aliphatic hydroxyl groups is 1. The van der Waals surface area contributed by atoms with Crippen LogP contribution in [0.4, 0.5) is 17.6 Å². The minimum Gasteiger partial charge on any atom is -0.389 e. The van der Waals surface area contributed by atoms with Crippen LogP contribution in [0.3, 0.4) is 0 Å². The van der Waals surface area contributed by atoms with E-state index >= 15 is 0 Å². The van der Waals surface area contributed by atoms with Crippen molar-refractivity contribution in [2.24, 2.45) is 0 Å². The van der Waals surface area contributed by atoms with Crippen LogP contribution in [0.5, 0.6) is 0 Å². The van der Waals surface area contributed by atoms with Gasteiger partial charge in [0.2, 0.25) is 0 Å². The van der Waals surface area contributed by atoms with Crippen molar-refractivity contribution in [3.63, 3.8) is 0 Å². The third-order valence-corrected chi connectivity index (χ3v) is 1.88. The summed E-state index contributed by atoms with van der Waals surface area (Å²) < 4.78 is 50.2. The standard InChI is InChI=1S/C11H10F4O/c1-7(16)2-3-8-4-5-9(12)6-10(8)11(13,14)15/h2-7,16H,1H3/b3-2+. The summed E-state index contributed by atoms with van der Waals surface area (Å²) >= 11 is 0. The summed E-state index contributed by atoms with van der Waals surface area (Å²) in [6, 6.07) is 2.40. The molecular formula is C11H10F4O. The average molecular weight is 234 g/mol. The second-order valence-electron chi connectivity index (χ2n) is 3.33. The first-order valence-corrected chi connectivity index (χ1v) is 4.53. The molecule has 1 N–H and O–H groups in total. The fourth-order valence-electron chi connectivity index (χ4n) is 1.16. The van der Waals surface area contributed by atoms with Crippen LogP contribution in [0, 0.1) is 5.82 Å². The molecule has 5 heteroatoms. The van der Waals surface area contributed by atoms with Gasteiger partial charge in [0.05, 0.1) is 11.7 Å². The molecular weight excluding hydrogens is 224 g/mol. The molecule has 1 unspecified atom stereocenters. The molecule has 1 nitrogen and oxygen atoms in total. The van der Waals surface area contributed by atoms with E-state index in [4.69, 9.17) is 5.11 Å². The highest BCUT2D eigenvalue weighted by Gasteiger charge is 2.33. The van der Waals surface area contributed by atoms with Gasteiger partial charge in [-0.25, -0.2) is 4.39 Å². The van der Waals surface area contributed by atoms with Gasteiger partial charge in [0, 0.05) is 0 Å². The molecule has 0 saturated heterocycles. The van der Waals surface area contributed by atoms with E-state index < -0.39 is 23.7 Å². The van der Waals surface area contributed by atoms with Crippen molar-refractivity contribution < 1.29 is 22.7 Å². The first kappa shape index (κ1) is 12.7. The number of alkyl halides is 3. The molecule has 1 aromatic carbocycles. The van der Waals surface area contributed by atoms with Gasteiger partial charge >= 0.3 is 6.18 Å². The van der Waals surface area contributed by atoms with E-state index in [1.54, 1.807) is 0 Å². The quantitative estimate of drug-likeness (QED) is 0.779. The molecule has 0 heterocycles. The van der Waals surface area contributed by atoms with Crippen LogP contribution in [-0.2, 0) is 6.18 Å². The van der Waals surface area contributed by atoms with Crippen LogP contribution >= 0.6 is 0 Å². The van der Waals surface area contributed by atoms with Gasteiger partial charge < -0.3 is 5.11 Å². The number of rotatable bonds is 2. The normalized spacial score (nSPS) is 14.4. The van der Waals surface area contributed by atoms with Crippen LogP contribution in [-0.4, -0.2) is 11.2 Å². The Morgan fingerprint density at radius 3 is 2.44 bits per heavy atom. The molecule has 16 heavy (non-hydrogen) atoms. The Balaban J connectivity index is 3.18. The Morgan fingerprint density at radius 2 is 1.94 bits per heavy atom. The summed E-state index contributed by atoms with van der Waals surface area (Å²) in [6.07, 6.45) is -3.15. The summed E-state index contributed by atoms with van der Waals surface area (Å²) in [6.45, 7) is 1.41. The Morgan fingerprint density at radius 1 is 1.31 bits per heavy atom. The van der Waals surface area contributed by atoms with Crippen molar-refractivity contribution in [2.75, 3.05) is 0 Å². The number of halogens is 4. The lowest BCUT2D eigenvalue weighted by Crippen LogP contribution is -2.08. The summed E-state index contributed by atoms with van der Waals surface area (Å²) in [5.74, 6) is -0.943. The number of hydrogen-bond donors (Lipinski definition) is 1. The highest BCUT2D eigenvalue weighted by Crippen LogP contribution is 2.33. The van der Waals surface area contributed by atoms with Crippen molar-refractivity contribution in [1.82, 2.24) is 0 Å². The van der Waals surface area contributed by atoms with E-state index in [-0.39, 0.29) is 5.56 Å². The van der Waals surface area contributed by atoms with Gasteiger partial charge in [-0.2, -0.15) is 13.2 Å². The van der Waals surface area contributed by atoms with Gasteiger partial charge in [-0.15, -0.1) is 0 Å². The molecule has 0 saturated carbocycles. The Hall–Kier alpha value is -1.36. The van der Waals surface area contributed by atoms with E-state index in [9.17, 15) is 17.6 Å². The molecule has 0 aromatic heterocycles. The lowest BCUT2D eigenvalue weighted by molar-refractivity contribution is -0.137. The fraction of sp³-hybridized carbons (Fsp3) is 0.273. The summed E-state index contributed by atoms with van der Waals surface area (Å²) in [5, 5.41) is 8.92. The van der Waals surface area contributed by atoms with Crippen LogP contribution in [0.1, 0.15) is 18.1 Å². The maximum atomic E-state index is 12.7. The van der Waals surface area contributed by atoms with Crippen molar-refractivity contribution in [1.29, 1.82) is 0 Å². The molecule has 0 fully saturated rings.